The molecule has 2 aliphatic rings. The summed E-state index contributed by atoms with van der Waals surface area (Å²) in [6.45, 7) is 5.86. The number of carbonyl (C=O) groups excluding carboxylic acids is 1. The average molecular weight is 255 g/mol. The molecule has 0 saturated carbocycles. The maximum atomic E-state index is 12.2. The molecule has 4 nitrogen and oxygen atoms in total. The molecule has 17 heavy (non-hydrogen) atoms. The second kappa shape index (κ2) is 5.76. The van der Waals surface area contributed by atoms with Gasteiger partial charge in [-0.05, 0) is 33.1 Å². The maximum Gasteiger partial charge on any atom is 0.244 e. The normalized spacial score (nSPS) is 26.6. The van der Waals surface area contributed by atoms with E-state index in [1.807, 2.05) is 11.8 Å². The molecule has 1 fully saturated rings. The third-order valence-corrected chi connectivity index (χ3v) is 4.32. The van der Waals surface area contributed by atoms with E-state index in [1.165, 1.54) is 6.42 Å². The zero-order chi connectivity index (χ0) is 12.3. The number of thioether (sulfide) groups is 1. The molecule has 0 bridgehead atoms. The number of amidine groups is 1. The van der Waals surface area contributed by atoms with Gasteiger partial charge >= 0.3 is 0 Å². The molecule has 1 saturated heterocycles. The predicted octanol–water partition coefficient (Wildman–Crippen LogP) is 1.47. The first-order valence-electron chi connectivity index (χ1n) is 6.43. The van der Waals surface area contributed by atoms with Crippen LogP contribution in [-0.2, 0) is 4.79 Å². The highest BCUT2D eigenvalue weighted by molar-refractivity contribution is 8.14. The van der Waals surface area contributed by atoms with Gasteiger partial charge in [0.15, 0.2) is 5.17 Å². The Morgan fingerprint density at radius 2 is 2.18 bits per heavy atom. The Morgan fingerprint density at radius 1 is 1.47 bits per heavy atom. The first-order valence-corrected chi connectivity index (χ1v) is 7.41. The molecule has 0 aromatic heterocycles. The Hall–Kier alpha value is -0.710. The Kier molecular flexibility index (Phi) is 4.31. The first-order chi connectivity index (χ1) is 8.16. The summed E-state index contributed by atoms with van der Waals surface area (Å²) >= 11 is 1.71. The molecule has 0 aromatic carbocycles. The molecular formula is C12H21N3OS. The van der Waals surface area contributed by atoms with E-state index in [0.29, 0.717) is 6.04 Å². The minimum Gasteiger partial charge on any atom is -0.353 e. The van der Waals surface area contributed by atoms with Gasteiger partial charge in [0.25, 0.3) is 0 Å². The van der Waals surface area contributed by atoms with E-state index >= 15 is 0 Å². The van der Waals surface area contributed by atoms with Crippen molar-refractivity contribution in [3.63, 3.8) is 0 Å². The van der Waals surface area contributed by atoms with Gasteiger partial charge in [0.2, 0.25) is 5.91 Å². The summed E-state index contributed by atoms with van der Waals surface area (Å²) in [4.78, 5) is 18.6. The smallest absolute Gasteiger partial charge is 0.244 e. The minimum absolute atomic E-state index is 0.148. The van der Waals surface area contributed by atoms with Crippen molar-refractivity contribution in [1.82, 2.24) is 10.2 Å². The second-order valence-electron chi connectivity index (χ2n) is 4.85. The fourth-order valence-corrected chi connectivity index (χ4v) is 3.18. The van der Waals surface area contributed by atoms with Gasteiger partial charge in [-0.1, -0.05) is 11.8 Å². The summed E-state index contributed by atoms with van der Waals surface area (Å²) < 4.78 is 0. The van der Waals surface area contributed by atoms with Crippen molar-refractivity contribution in [2.24, 2.45) is 4.99 Å². The average Bonchev–Trinajstić information content (AvgIpc) is 2.75. The van der Waals surface area contributed by atoms with E-state index < -0.39 is 0 Å². The van der Waals surface area contributed by atoms with E-state index in [-0.39, 0.29) is 11.9 Å². The quantitative estimate of drug-likeness (QED) is 0.812. The van der Waals surface area contributed by atoms with Crippen LogP contribution in [0.5, 0.6) is 0 Å². The van der Waals surface area contributed by atoms with Crippen LogP contribution in [0.2, 0.25) is 0 Å². The van der Waals surface area contributed by atoms with Gasteiger partial charge in [0.05, 0.1) is 6.04 Å². The molecule has 2 atom stereocenters. The van der Waals surface area contributed by atoms with Crippen LogP contribution in [0, 0.1) is 0 Å². The fourth-order valence-electron chi connectivity index (χ4n) is 2.19. The maximum absolute atomic E-state index is 12.2. The monoisotopic (exact) mass is 255 g/mol. The zero-order valence-electron chi connectivity index (χ0n) is 10.6. The molecular weight excluding hydrogens is 234 g/mol. The summed E-state index contributed by atoms with van der Waals surface area (Å²) in [6.07, 6.45) is 3.54. The topological polar surface area (TPSA) is 44.7 Å². The Labute approximate surface area is 107 Å². The van der Waals surface area contributed by atoms with Crippen molar-refractivity contribution in [3.8, 4) is 0 Å². The van der Waals surface area contributed by atoms with Crippen molar-refractivity contribution < 1.29 is 4.79 Å². The summed E-state index contributed by atoms with van der Waals surface area (Å²) in [6, 6.07) is 0.226. The lowest BCUT2D eigenvalue weighted by Crippen LogP contribution is -2.47. The van der Waals surface area contributed by atoms with Crippen LogP contribution in [-0.4, -0.2) is 46.9 Å². The van der Waals surface area contributed by atoms with Crippen LogP contribution in [0.15, 0.2) is 4.99 Å². The Bertz CT molecular complexity index is 313. The molecule has 2 unspecified atom stereocenters. The highest BCUT2D eigenvalue weighted by Gasteiger charge is 2.24. The Balaban J connectivity index is 1.84. The summed E-state index contributed by atoms with van der Waals surface area (Å²) in [7, 11) is 0. The number of likely N-dealkylation sites (tertiary alicyclic amines) is 1. The van der Waals surface area contributed by atoms with Crippen LogP contribution < -0.4 is 5.32 Å². The van der Waals surface area contributed by atoms with Crippen molar-refractivity contribution >= 4 is 22.8 Å². The van der Waals surface area contributed by atoms with Crippen LogP contribution in [0.1, 0.15) is 33.1 Å². The van der Waals surface area contributed by atoms with Gasteiger partial charge in [0.1, 0.15) is 6.04 Å². The molecule has 0 spiro atoms. The number of hydrogen-bond donors (Lipinski definition) is 1. The van der Waals surface area contributed by atoms with Crippen LogP contribution >= 0.6 is 11.8 Å². The number of carbonyl (C=O) groups is 1. The third kappa shape index (κ3) is 3.37. The lowest BCUT2D eigenvalue weighted by Gasteiger charge is -2.29. The molecule has 1 amide bonds. The number of aliphatic imine (C=N–C) groups is 1. The van der Waals surface area contributed by atoms with Crippen molar-refractivity contribution in [2.75, 3.05) is 18.8 Å². The SMILES string of the molecule is CC1CSC(NC(C)C(=O)N2CCCCC2)=N1. The van der Waals surface area contributed by atoms with E-state index in [9.17, 15) is 4.79 Å². The standard InChI is InChI=1S/C12H21N3OS/c1-9-8-17-12(13-9)14-10(2)11(16)15-6-4-3-5-7-15/h9-10H,3-8H2,1-2H3,(H,13,14). The van der Waals surface area contributed by atoms with Crippen molar-refractivity contribution in [3.05, 3.63) is 0 Å². The molecule has 0 aromatic rings. The number of rotatable bonds is 2. The van der Waals surface area contributed by atoms with Crippen LogP contribution in [0.25, 0.3) is 0 Å². The third-order valence-electron chi connectivity index (χ3n) is 3.18. The predicted molar refractivity (Wildman–Crippen MR) is 72.4 cm³/mol. The summed E-state index contributed by atoms with van der Waals surface area (Å²) in [5.41, 5.74) is 0. The van der Waals surface area contributed by atoms with Gasteiger partial charge in [0, 0.05) is 18.8 Å². The number of amides is 1. The molecule has 1 N–H and O–H groups in total. The molecule has 96 valence electrons. The number of nitrogens with one attached hydrogen (secondary N) is 1. The van der Waals surface area contributed by atoms with Gasteiger partial charge in [-0.2, -0.15) is 0 Å². The molecule has 2 heterocycles. The second-order valence-corrected chi connectivity index (χ2v) is 5.85. The first kappa shape index (κ1) is 12.7. The van der Waals surface area contributed by atoms with E-state index in [2.05, 4.69) is 17.2 Å². The van der Waals surface area contributed by atoms with Crippen LogP contribution in [0.4, 0.5) is 0 Å². The molecule has 0 radical (unpaired) electrons. The number of nitrogens with zero attached hydrogens (tertiary/aromatic N) is 2. The molecule has 0 aliphatic carbocycles. The number of hydrogen-bond acceptors (Lipinski definition) is 4. The van der Waals surface area contributed by atoms with Crippen molar-refractivity contribution in [2.45, 2.75) is 45.2 Å². The Morgan fingerprint density at radius 3 is 2.76 bits per heavy atom. The molecule has 2 rings (SSSR count). The highest BCUT2D eigenvalue weighted by atomic mass is 32.2. The van der Waals surface area contributed by atoms with Gasteiger partial charge in [-0.3, -0.25) is 9.79 Å². The fraction of sp³-hybridized carbons (Fsp3) is 0.833. The summed E-state index contributed by atoms with van der Waals surface area (Å²) in [5, 5.41) is 4.15. The lowest BCUT2D eigenvalue weighted by atomic mass is 10.1. The highest BCUT2D eigenvalue weighted by Crippen LogP contribution is 2.16. The van der Waals surface area contributed by atoms with E-state index in [4.69, 9.17) is 0 Å². The minimum atomic E-state index is -0.148. The molecule has 5 heteroatoms. The van der Waals surface area contributed by atoms with Crippen LogP contribution in [0.3, 0.4) is 0 Å². The molecule has 2 aliphatic heterocycles. The van der Waals surface area contributed by atoms with E-state index in [0.717, 1.165) is 36.9 Å². The van der Waals surface area contributed by atoms with Gasteiger partial charge in [-0.15, -0.1) is 0 Å². The van der Waals surface area contributed by atoms with Gasteiger partial charge < -0.3 is 10.2 Å². The summed E-state index contributed by atoms with van der Waals surface area (Å²) in [5.74, 6) is 1.24. The van der Waals surface area contributed by atoms with E-state index in [1.54, 1.807) is 11.8 Å². The lowest BCUT2D eigenvalue weighted by molar-refractivity contribution is -0.133. The van der Waals surface area contributed by atoms with Crippen molar-refractivity contribution in [1.29, 1.82) is 0 Å². The number of piperidine rings is 1. The zero-order valence-corrected chi connectivity index (χ0v) is 11.4. The van der Waals surface area contributed by atoms with Gasteiger partial charge in [-0.25, -0.2) is 0 Å². The largest absolute Gasteiger partial charge is 0.353 e.